The Hall–Kier alpha value is -2.28. The van der Waals surface area contributed by atoms with E-state index in [0.717, 1.165) is 38.2 Å². The maximum atomic E-state index is 12.0. The summed E-state index contributed by atoms with van der Waals surface area (Å²) in [4.78, 5) is 20.5. The van der Waals surface area contributed by atoms with Gasteiger partial charge in [0.2, 0.25) is 5.91 Å². The van der Waals surface area contributed by atoms with E-state index in [-0.39, 0.29) is 18.5 Å². The van der Waals surface area contributed by atoms with Crippen LogP contribution >= 0.6 is 0 Å². The number of methoxy groups -OCH3 is 1. The number of carbonyl (C=O) groups excluding carboxylic acids is 1. The van der Waals surface area contributed by atoms with Gasteiger partial charge in [0.15, 0.2) is 5.96 Å². The van der Waals surface area contributed by atoms with Crippen molar-refractivity contribution in [2.75, 3.05) is 53.9 Å². The Morgan fingerprint density at radius 1 is 1.24 bits per heavy atom. The third-order valence-electron chi connectivity index (χ3n) is 5.24. The van der Waals surface area contributed by atoms with E-state index in [9.17, 15) is 4.79 Å². The Morgan fingerprint density at radius 3 is 2.62 bits per heavy atom. The van der Waals surface area contributed by atoms with Crippen molar-refractivity contribution < 1.29 is 9.53 Å². The van der Waals surface area contributed by atoms with Gasteiger partial charge in [0.25, 0.3) is 0 Å². The Balaban J connectivity index is 2.13. The number of ether oxygens (including phenoxy) is 1. The number of para-hydroxylation sites is 1. The van der Waals surface area contributed by atoms with Crippen LogP contribution in [0.3, 0.4) is 0 Å². The Kier molecular flexibility index (Phi) is 9.77. The number of aliphatic imine (C=N–C) groups is 1. The van der Waals surface area contributed by atoms with Crippen molar-refractivity contribution in [2.24, 2.45) is 4.99 Å². The summed E-state index contributed by atoms with van der Waals surface area (Å²) in [5.74, 6) is 1.58. The highest BCUT2D eigenvalue weighted by atomic mass is 16.5. The summed E-state index contributed by atoms with van der Waals surface area (Å²) >= 11 is 0. The molecule has 1 unspecified atom stereocenters. The van der Waals surface area contributed by atoms with Crippen molar-refractivity contribution >= 4 is 11.9 Å². The first kappa shape index (κ1) is 23.0. The summed E-state index contributed by atoms with van der Waals surface area (Å²) in [6.07, 6.45) is 4.61. The lowest BCUT2D eigenvalue weighted by molar-refractivity contribution is -0.127. The van der Waals surface area contributed by atoms with Crippen LogP contribution in [0, 0.1) is 0 Å². The number of unbranched alkanes of at least 4 members (excludes halogenated alkanes) is 1. The monoisotopic (exact) mass is 403 g/mol. The average molecular weight is 404 g/mol. The molecule has 2 N–H and O–H groups in total. The minimum atomic E-state index is -0.0117. The van der Waals surface area contributed by atoms with E-state index in [4.69, 9.17) is 4.74 Å². The Labute approximate surface area is 175 Å². The molecule has 162 valence electrons. The zero-order valence-corrected chi connectivity index (χ0v) is 18.4. The van der Waals surface area contributed by atoms with E-state index in [1.54, 1.807) is 26.1 Å². The number of benzene rings is 1. The standard InChI is InChI=1S/C22H37N5O2/c1-5-6-13-23-22(25-17-21(28)26(2)3)24-16-19(27-14-9-10-15-27)18-11-7-8-12-20(18)29-4/h7-8,11-12,19H,5-6,9-10,13-17H2,1-4H3,(H2,23,24,25). The SMILES string of the molecule is CCCCNC(=NCC(=O)N(C)C)NCC(c1ccccc1OC)N1CCCC1. The first-order valence-corrected chi connectivity index (χ1v) is 10.7. The number of nitrogens with one attached hydrogen (secondary N) is 2. The molecule has 1 aliphatic rings. The molecular weight excluding hydrogens is 366 g/mol. The number of hydrogen-bond acceptors (Lipinski definition) is 4. The lowest BCUT2D eigenvalue weighted by atomic mass is 10.0. The van der Waals surface area contributed by atoms with Gasteiger partial charge in [0.1, 0.15) is 12.3 Å². The fourth-order valence-electron chi connectivity index (χ4n) is 3.47. The first-order valence-electron chi connectivity index (χ1n) is 10.7. The van der Waals surface area contributed by atoms with Gasteiger partial charge in [-0.1, -0.05) is 31.5 Å². The second-order valence-corrected chi connectivity index (χ2v) is 7.62. The molecule has 1 amide bonds. The van der Waals surface area contributed by atoms with Gasteiger partial charge < -0.3 is 20.3 Å². The molecule has 1 atom stereocenters. The number of guanidine groups is 1. The molecule has 2 rings (SSSR count). The molecule has 0 aliphatic carbocycles. The van der Waals surface area contributed by atoms with Gasteiger partial charge in [0, 0.05) is 32.7 Å². The van der Waals surface area contributed by atoms with Crippen LogP contribution in [0.15, 0.2) is 29.3 Å². The van der Waals surface area contributed by atoms with Crippen molar-refractivity contribution in [3.8, 4) is 5.75 Å². The molecule has 1 aromatic carbocycles. The van der Waals surface area contributed by atoms with Crippen LogP contribution in [-0.4, -0.2) is 75.6 Å². The van der Waals surface area contributed by atoms with E-state index >= 15 is 0 Å². The predicted molar refractivity (Wildman–Crippen MR) is 118 cm³/mol. The van der Waals surface area contributed by atoms with Gasteiger partial charge in [-0.05, 0) is 38.4 Å². The first-order chi connectivity index (χ1) is 14.1. The average Bonchev–Trinajstić information content (AvgIpc) is 3.26. The fraction of sp³-hybridized carbons (Fsp3) is 0.636. The zero-order valence-electron chi connectivity index (χ0n) is 18.4. The van der Waals surface area contributed by atoms with Crippen molar-refractivity contribution in [1.29, 1.82) is 0 Å². The van der Waals surface area contributed by atoms with Crippen LogP contribution in [0.25, 0.3) is 0 Å². The van der Waals surface area contributed by atoms with Crippen molar-refractivity contribution in [2.45, 2.75) is 38.6 Å². The molecule has 7 nitrogen and oxygen atoms in total. The molecule has 0 bridgehead atoms. The second-order valence-electron chi connectivity index (χ2n) is 7.62. The maximum absolute atomic E-state index is 12.0. The summed E-state index contributed by atoms with van der Waals surface area (Å²) in [5, 5.41) is 6.83. The Bertz CT molecular complexity index is 656. The van der Waals surface area contributed by atoms with E-state index < -0.39 is 0 Å². The van der Waals surface area contributed by atoms with Gasteiger partial charge in [0.05, 0.1) is 13.2 Å². The topological polar surface area (TPSA) is 69.2 Å². The highest BCUT2D eigenvalue weighted by molar-refractivity contribution is 5.84. The molecule has 0 spiro atoms. The van der Waals surface area contributed by atoms with Crippen molar-refractivity contribution in [3.63, 3.8) is 0 Å². The molecule has 0 aromatic heterocycles. The Morgan fingerprint density at radius 2 is 1.97 bits per heavy atom. The van der Waals surface area contributed by atoms with Crippen LogP contribution in [0.5, 0.6) is 5.75 Å². The van der Waals surface area contributed by atoms with Crippen molar-refractivity contribution in [3.05, 3.63) is 29.8 Å². The molecule has 1 aliphatic heterocycles. The van der Waals surface area contributed by atoms with Crippen LogP contribution in [0.1, 0.15) is 44.2 Å². The smallest absolute Gasteiger partial charge is 0.243 e. The molecule has 7 heteroatoms. The molecule has 29 heavy (non-hydrogen) atoms. The number of likely N-dealkylation sites (tertiary alicyclic amines) is 1. The van der Waals surface area contributed by atoms with E-state index in [0.29, 0.717) is 12.5 Å². The van der Waals surface area contributed by atoms with Gasteiger partial charge in [-0.15, -0.1) is 0 Å². The summed E-state index contributed by atoms with van der Waals surface area (Å²) in [7, 11) is 5.22. The number of amides is 1. The molecule has 1 aromatic rings. The number of likely N-dealkylation sites (N-methyl/N-ethyl adjacent to an activating group) is 1. The summed E-state index contributed by atoms with van der Waals surface area (Å²) in [6.45, 7) is 6.00. The van der Waals surface area contributed by atoms with Gasteiger partial charge >= 0.3 is 0 Å². The van der Waals surface area contributed by atoms with E-state index in [1.165, 1.54) is 18.4 Å². The lowest BCUT2D eigenvalue weighted by Crippen LogP contribution is -2.43. The van der Waals surface area contributed by atoms with Gasteiger partial charge in [-0.2, -0.15) is 0 Å². The summed E-state index contributed by atoms with van der Waals surface area (Å²) < 4.78 is 5.63. The number of rotatable bonds is 10. The molecule has 1 fully saturated rings. The molecule has 1 saturated heterocycles. The summed E-state index contributed by atoms with van der Waals surface area (Å²) in [6, 6.07) is 8.41. The molecule has 1 heterocycles. The number of nitrogens with zero attached hydrogens (tertiary/aromatic N) is 3. The largest absolute Gasteiger partial charge is 0.496 e. The minimum absolute atomic E-state index is 0.0117. The maximum Gasteiger partial charge on any atom is 0.243 e. The number of carbonyl (C=O) groups is 1. The van der Waals surface area contributed by atoms with Gasteiger partial charge in [-0.25, -0.2) is 4.99 Å². The third-order valence-corrected chi connectivity index (χ3v) is 5.24. The molecule has 0 radical (unpaired) electrons. The quantitative estimate of drug-likeness (QED) is 0.356. The highest BCUT2D eigenvalue weighted by Gasteiger charge is 2.26. The molecule has 0 saturated carbocycles. The zero-order chi connectivity index (χ0) is 21.1. The van der Waals surface area contributed by atoms with Crippen LogP contribution < -0.4 is 15.4 Å². The normalized spacial score (nSPS) is 15.8. The minimum Gasteiger partial charge on any atom is -0.496 e. The van der Waals surface area contributed by atoms with E-state index in [2.05, 4.69) is 39.6 Å². The number of hydrogen-bond donors (Lipinski definition) is 2. The van der Waals surface area contributed by atoms with Crippen LogP contribution in [0.2, 0.25) is 0 Å². The fourth-order valence-corrected chi connectivity index (χ4v) is 3.47. The van der Waals surface area contributed by atoms with Gasteiger partial charge in [-0.3, -0.25) is 9.69 Å². The van der Waals surface area contributed by atoms with Crippen LogP contribution in [0.4, 0.5) is 0 Å². The van der Waals surface area contributed by atoms with E-state index in [1.807, 2.05) is 12.1 Å². The van der Waals surface area contributed by atoms with Crippen LogP contribution in [-0.2, 0) is 4.79 Å². The molecular formula is C22H37N5O2. The lowest BCUT2D eigenvalue weighted by Gasteiger charge is -2.30. The third kappa shape index (κ3) is 7.24. The van der Waals surface area contributed by atoms with Crippen molar-refractivity contribution in [1.82, 2.24) is 20.4 Å². The predicted octanol–water partition coefficient (Wildman–Crippen LogP) is 2.26. The second kappa shape index (κ2) is 12.3. The highest BCUT2D eigenvalue weighted by Crippen LogP contribution is 2.31. The summed E-state index contributed by atoms with van der Waals surface area (Å²) in [5.41, 5.74) is 1.18.